The molecule has 0 spiro atoms. The number of carbonyl (C=O) groups excluding carboxylic acids is 3. The lowest BCUT2D eigenvalue weighted by atomic mass is 10.0. The van der Waals surface area contributed by atoms with E-state index in [0.717, 1.165) is 57.8 Å². The van der Waals surface area contributed by atoms with Crippen molar-refractivity contribution in [3.8, 4) is 0 Å². The summed E-state index contributed by atoms with van der Waals surface area (Å²) in [7, 11) is 0. The maximum Gasteiger partial charge on any atom is 0.306 e. The number of carbonyl (C=O) groups is 3. The van der Waals surface area contributed by atoms with Crippen molar-refractivity contribution in [3.05, 3.63) is 0 Å². The average Bonchev–Trinajstić information content (AvgIpc) is 3.29. The maximum atomic E-state index is 12.8. The largest absolute Gasteiger partial charge is 0.462 e. The van der Waals surface area contributed by atoms with Crippen molar-refractivity contribution in [3.63, 3.8) is 0 Å². The van der Waals surface area contributed by atoms with Crippen LogP contribution < -0.4 is 0 Å². The first kappa shape index (κ1) is 62.4. The predicted octanol–water partition coefficient (Wildman–Crippen LogP) is 19.2. The van der Waals surface area contributed by atoms with Gasteiger partial charge < -0.3 is 14.2 Å². The Labute approximate surface area is 399 Å². The van der Waals surface area contributed by atoms with E-state index in [9.17, 15) is 14.4 Å². The van der Waals surface area contributed by atoms with Crippen LogP contribution in [-0.2, 0) is 28.6 Å². The van der Waals surface area contributed by atoms with Gasteiger partial charge in [-0.15, -0.1) is 0 Å². The molecule has 0 N–H and O–H groups in total. The van der Waals surface area contributed by atoms with Gasteiger partial charge in [-0.3, -0.25) is 14.4 Å². The van der Waals surface area contributed by atoms with Gasteiger partial charge in [0.05, 0.1) is 0 Å². The second kappa shape index (κ2) is 54.0. The molecule has 0 aliphatic heterocycles. The third-order valence-electron chi connectivity index (χ3n) is 13.4. The van der Waals surface area contributed by atoms with Crippen LogP contribution in [0.3, 0.4) is 0 Å². The summed E-state index contributed by atoms with van der Waals surface area (Å²) in [6, 6.07) is 0. The summed E-state index contributed by atoms with van der Waals surface area (Å²) in [4.78, 5) is 38.0. The molecule has 6 nitrogen and oxygen atoms in total. The average molecular weight is 906 g/mol. The molecule has 0 saturated carbocycles. The molecule has 0 aromatic carbocycles. The smallest absolute Gasteiger partial charge is 0.306 e. The van der Waals surface area contributed by atoms with Crippen LogP contribution in [0.5, 0.6) is 0 Å². The third kappa shape index (κ3) is 51.4. The normalized spacial score (nSPS) is 11.9. The van der Waals surface area contributed by atoms with E-state index in [2.05, 4.69) is 20.8 Å². The van der Waals surface area contributed by atoms with Gasteiger partial charge in [0.2, 0.25) is 0 Å². The number of hydrogen-bond acceptors (Lipinski definition) is 6. The van der Waals surface area contributed by atoms with E-state index < -0.39 is 6.10 Å². The van der Waals surface area contributed by atoms with Crippen LogP contribution in [-0.4, -0.2) is 37.2 Å². The van der Waals surface area contributed by atoms with Crippen LogP contribution in [0.2, 0.25) is 0 Å². The molecule has 0 amide bonds. The second-order valence-electron chi connectivity index (χ2n) is 19.9. The van der Waals surface area contributed by atoms with Gasteiger partial charge in [0, 0.05) is 19.3 Å². The molecule has 0 saturated heterocycles. The molecule has 64 heavy (non-hydrogen) atoms. The second-order valence-corrected chi connectivity index (χ2v) is 19.9. The van der Waals surface area contributed by atoms with Crippen molar-refractivity contribution in [1.82, 2.24) is 0 Å². The molecule has 0 rings (SSSR count). The highest BCUT2D eigenvalue weighted by molar-refractivity contribution is 5.71. The van der Waals surface area contributed by atoms with E-state index in [0.29, 0.717) is 19.3 Å². The Hall–Kier alpha value is -1.59. The Kier molecular flexibility index (Phi) is 52.7. The van der Waals surface area contributed by atoms with E-state index in [4.69, 9.17) is 14.2 Å². The van der Waals surface area contributed by atoms with Crippen LogP contribution in [0.15, 0.2) is 0 Å². The van der Waals surface area contributed by atoms with Crippen LogP contribution >= 0.6 is 0 Å². The molecule has 1 unspecified atom stereocenters. The Balaban J connectivity index is 4.15. The first-order valence-corrected chi connectivity index (χ1v) is 29.0. The summed E-state index contributed by atoms with van der Waals surface area (Å²) in [6.07, 6.45) is 59.6. The Bertz CT molecular complexity index is 951. The standard InChI is InChI=1S/C58H112O6/c1-4-7-10-13-16-19-22-24-25-26-27-28-29-30-31-32-33-34-37-39-42-45-48-51-57(60)63-54-55(53-62-56(59)50-47-44-41-38-35-21-18-15-12-9-6-3)64-58(61)52-49-46-43-40-36-23-20-17-14-11-8-5-2/h55H,4-54H2,1-3H3. The highest BCUT2D eigenvalue weighted by Crippen LogP contribution is 2.18. The predicted molar refractivity (Wildman–Crippen MR) is 275 cm³/mol. The quantitative estimate of drug-likeness (QED) is 0.0344. The lowest BCUT2D eigenvalue weighted by molar-refractivity contribution is -0.167. The van der Waals surface area contributed by atoms with Gasteiger partial charge in [0.15, 0.2) is 6.10 Å². The fraction of sp³-hybridized carbons (Fsp3) is 0.948. The topological polar surface area (TPSA) is 78.9 Å². The molecule has 0 aliphatic carbocycles. The van der Waals surface area contributed by atoms with Gasteiger partial charge in [-0.05, 0) is 19.3 Å². The van der Waals surface area contributed by atoms with E-state index in [1.807, 2.05) is 0 Å². The lowest BCUT2D eigenvalue weighted by Gasteiger charge is -2.18. The lowest BCUT2D eigenvalue weighted by Crippen LogP contribution is -2.30. The highest BCUT2D eigenvalue weighted by atomic mass is 16.6. The monoisotopic (exact) mass is 905 g/mol. The van der Waals surface area contributed by atoms with Gasteiger partial charge in [0.25, 0.3) is 0 Å². The Morgan fingerprint density at radius 1 is 0.250 bits per heavy atom. The Morgan fingerprint density at radius 3 is 0.625 bits per heavy atom. The number of ether oxygens (including phenoxy) is 3. The molecule has 0 heterocycles. The van der Waals surface area contributed by atoms with Crippen molar-refractivity contribution in [1.29, 1.82) is 0 Å². The molecule has 0 aromatic rings. The van der Waals surface area contributed by atoms with Gasteiger partial charge >= 0.3 is 17.9 Å². The molecule has 1 atom stereocenters. The zero-order chi connectivity index (χ0) is 46.5. The van der Waals surface area contributed by atoms with E-state index >= 15 is 0 Å². The summed E-state index contributed by atoms with van der Waals surface area (Å²) in [6.45, 7) is 6.69. The third-order valence-corrected chi connectivity index (χ3v) is 13.4. The minimum atomic E-state index is -0.760. The fourth-order valence-corrected chi connectivity index (χ4v) is 8.98. The van der Waals surface area contributed by atoms with Gasteiger partial charge in [-0.1, -0.05) is 297 Å². The SMILES string of the molecule is CCCCCCCCCCCCCCCCCCCCCCCCCC(=O)OCC(COC(=O)CCCCCCCCCCCCC)OC(=O)CCCCCCCCCCCCCC. The molecular formula is C58H112O6. The fourth-order valence-electron chi connectivity index (χ4n) is 8.98. The first-order valence-electron chi connectivity index (χ1n) is 29.0. The van der Waals surface area contributed by atoms with E-state index in [1.165, 1.54) is 238 Å². The zero-order valence-electron chi connectivity index (χ0n) is 43.6. The van der Waals surface area contributed by atoms with Crippen LogP contribution in [0, 0.1) is 0 Å². The van der Waals surface area contributed by atoms with Gasteiger partial charge in [-0.2, -0.15) is 0 Å². The summed E-state index contributed by atoms with van der Waals surface area (Å²) >= 11 is 0. The highest BCUT2D eigenvalue weighted by Gasteiger charge is 2.19. The summed E-state index contributed by atoms with van der Waals surface area (Å²) < 4.78 is 16.8. The van der Waals surface area contributed by atoms with E-state index in [1.54, 1.807) is 0 Å². The molecule has 0 bridgehead atoms. The minimum absolute atomic E-state index is 0.0614. The molecular weight excluding hydrogens is 793 g/mol. The molecule has 380 valence electrons. The zero-order valence-corrected chi connectivity index (χ0v) is 43.6. The van der Waals surface area contributed by atoms with Crippen molar-refractivity contribution in [2.75, 3.05) is 13.2 Å². The van der Waals surface area contributed by atoms with E-state index in [-0.39, 0.29) is 31.1 Å². The van der Waals surface area contributed by atoms with Gasteiger partial charge in [-0.25, -0.2) is 0 Å². The minimum Gasteiger partial charge on any atom is -0.462 e. The van der Waals surface area contributed by atoms with Gasteiger partial charge in [0.1, 0.15) is 13.2 Å². The van der Waals surface area contributed by atoms with Crippen molar-refractivity contribution >= 4 is 17.9 Å². The number of rotatable bonds is 54. The van der Waals surface area contributed by atoms with Crippen LogP contribution in [0.1, 0.15) is 335 Å². The summed E-state index contributed by atoms with van der Waals surface area (Å²) in [5.41, 5.74) is 0. The number of esters is 3. The molecule has 0 radical (unpaired) electrons. The summed E-state index contributed by atoms with van der Waals surface area (Å²) in [5.74, 6) is -0.837. The van der Waals surface area contributed by atoms with Crippen molar-refractivity contribution in [2.45, 2.75) is 341 Å². The number of unbranched alkanes of at least 4 members (excludes halogenated alkanes) is 43. The maximum absolute atomic E-state index is 12.8. The summed E-state index contributed by atoms with van der Waals surface area (Å²) in [5, 5.41) is 0. The van der Waals surface area contributed by atoms with Crippen LogP contribution in [0.25, 0.3) is 0 Å². The van der Waals surface area contributed by atoms with Crippen molar-refractivity contribution in [2.24, 2.45) is 0 Å². The van der Waals surface area contributed by atoms with Crippen LogP contribution in [0.4, 0.5) is 0 Å². The Morgan fingerprint density at radius 2 is 0.422 bits per heavy atom. The molecule has 0 aliphatic rings. The van der Waals surface area contributed by atoms with Crippen molar-refractivity contribution < 1.29 is 28.6 Å². The first-order chi connectivity index (χ1) is 31.5. The number of hydrogen-bond donors (Lipinski definition) is 0. The molecule has 6 heteroatoms. The molecule has 0 aromatic heterocycles. The molecule has 0 fully saturated rings.